The predicted octanol–water partition coefficient (Wildman–Crippen LogP) is 0.917. The van der Waals surface area contributed by atoms with Crippen molar-refractivity contribution in [1.82, 2.24) is 0 Å². The molecule has 0 bridgehead atoms. The third kappa shape index (κ3) is 2.64. The Balaban J connectivity index is 3.53. The minimum Gasteiger partial charge on any atom is -0.494 e. The van der Waals surface area contributed by atoms with Crippen LogP contribution in [0.1, 0.15) is 13.8 Å². The van der Waals surface area contributed by atoms with E-state index in [1.807, 2.05) is 0 Å². The summed E-state index contributed by atoms with van der Waals surface area (Å²) in [7, 11) is 0. The summed E-state index contributed by atoms with van der Waals surface area (Å²) in [6.45, 7) is 6.95. The molecule has 0 atom stereocenters. The van der Waals surface area contributed by atoms with Gasteiger partial charge >= 0.3 is 0 Å². The summed E-state index contributed by atoms with van der Waals surface area (Å²) < 4.78 is 4.89. The van der Waals surface area contributed by atoms with Gasteiger partial charge in [-0.1, -0.05) is 6.58 Å². The van der Waals surface area contributed by atoms with Gasteiger partial charge in [-0.25, -0.2) is 0 Å². The molecule has 0 aromatic carbocycles. The SMILES string of the molecule is C=COC(C)(C)CO. The third-order valence-corrected chi connectivity index (χ3v) is 0.783. The van der Waals surface area contributed by atoms with E-state index in [1.54, 1.807) is 13.8 Å². The molecule has 0 aromatic heterocycles. The van der Waals surface area contributed by atoms with Crippen LogP contribution >= 0.6 is 0 Å². The molecule has 0 heterocycles. The maximum atomic E-state index is 8.55. The molecular weight excluding hydrogens is 104 g/mol. The van der Waals surface area contributed by atoms with Gasteiger partial charge in [-0.3, -0.25) is 0 Å². The van der Waals surface area contributed by atoms with E-state index in [-0.39, 0.29) is 6.61 Å². The van der Waals surface area contributed by atoms with E-state index in [0.29, 0.717) is 0 Å². The van der Waals surface area contributed by atoms with Gasteiger partial charge in [0.2, 0.25) is 0 Å². The highest BCUT2D eigenvalue weighted by Crippen LogP contribution is 2.06. The first-order valence-corrected chi connectivity index (χ1v) is 2.52. The zero-order valence-corrected chi connectivity index (χ0v) is 5.35. The van der Waals surface area contributed by atoms with Crippen LogP contribution in [0.3, 0.4) is 0 Å². The lowest BCUT2D eigenvalue weighted by Crippen LogP contribution is -2.26. The second-order valence-electron chi connectivity index (χ2n) is 2.20. The molecule has 0 aliphatic rings. The Morgan fingerprint density at radius 3 is 2.38 bits per heavy atom. The Morgan fingerprint density at radius 1 is 1.75 bits per heavy atom. The monoisotopic (exact) mass is 116 g/mol. The standard InChI is InChI=1S/C6H12O2/c1-4-8-6(2,3)5-7/h4,7H,1,5H2,2-3H3. The normalized spacial score (nSPS) is 10.9. The van der Waals surface area contributed by atoms with Gasteiger partial charge in [0.25, 0.3) is 0 Å². The van der Waals surface area contributed by atoms with Gasteiger partial charge in [0.1, 0.15) is 5.60 Å². The van der Waals surface area contributed by atoms with E-state index in [0.717, 1.165) is 0 Å². The van der Waals surface area contributed by atoms with Gasteiger partial charge in [0.05, 0.1) is 12.9 Å². The van der Waals surface area contributed by atoms with Gasteiger partial charge in [-0.05, 0) is 13.8 Å². The lowest BCUT2D eigenvalue weighted by Gasteiger charge is -2.20. The van der Waals surface area contributed by atoms with Crippen molar-refractivity contribution < 1.29 is 9.84 Å². The van der Waals surface area contributed by atoms with Gasteiger partial charge in [-0.2, -0.15) is 0 Å². The number of ether oxygens (including phenoxy) is 1. The van der Waals surface area contributed by atoms with Gasteiger partial charge in [0.15, 0.2) is 0 Å². The molecule has 0 aromatic rings. The molecule has 0 amide bonds. The number of hydrogen-bond donors (Lipinski definition) is 1. The number of rotatable bonds is 3. The molecule has 2 nitrogen and oxygen atoms in total. The lowest BCUT2D eigenvalue weighted by molar-refractivity contribution is 0.00422. The third-order valence-electron chi connectivity index (χ3n) is 0.783. The first-order chi connectivity index (χ1) is 3.62. The smallest absolute Gasteiger partial charge is 0.125 e. The Kier molecular flexibility index (Phi) is 2.55. The molecule has 0 aliphatic carbocycles. The Bertz CT molecular complexity index is 76.6. The summed E-state index contributed by atoms with van der Waals surface area (Å²) in [6, 6.07) is 0. The minimum atomic E-state index is -0.470. The minimum absolute atomic E-state index is 0.0129. The summed E-state index contributed by atoms with van der Waals surface area (Å²) in [5, 5.41) is 8.55. The Labute approximate surface area is 49.8 Å². The van der Waals surface area contributed by atoms with Crippen molar-refractivity contribution in [2.45, 2.75) is 19.4 Å². The highest BCUT2D eigenvalue weighted by atomic mass is 16.5. The Hall–Kier alpha value is -0.500. The van der Waals surface area contributed by atoms with Crippen LogP contribution < -0.4 is 0 Å². The molecule has 2 heteroatoms. The van der Waals surface area contributed by atoms with E-state index < -0.39 is 5.60 Å². The summed E-state index contributed by atoms with van der Waals surface area (Å²) in [5.74, 6) is 0. The first-order valence-electron chi connectivity index (χ1n) is 2.52. The van der Waals surface area contributed by atoms with Crippen LogP contribution in [0.5, 0.6) is 0 Å². The fourth-order valence-corrected chi connectivity index (χ4v) is 0.263. The van der Waals surface area contributed by atoms with E-state index >= 15 is 0 Å². The largest absolute Gasteiger partial charge is 0.494 e. The van der Waals surface area contributed by atoms with Crippen LogP contribution in [-0.4, -0.2) is 17.3 Å². The van der Waals surface area contributed by atoms with E-state index in [4.69, 9.17) is 9.84 Å². The zero-order valence-electron chi connectivity index (χ0n) is 5.35. The topological polar surface area (TPSA) is 29.5 Å². The number of aliphatic hydroxyl groups is 1. The Morgan fingerprint density at radius 2 is 2.25 bits per heavy atom. The van der Waals surface area contributed by atoms with Crippen molar-refractivity contribution in [3.63, 3.8) is 0 Å². The van der Waals surface area contributed by atoms with E-state index in [1.165, 1.54) is 6.26 Å². The van der Waals surface area contributed by atoms with Gasteiger partial charge < -0.3 is 9.84 Å². The van der Waals surface area contributed by atoms with Gasteiger partial charge in [-0.15, -0.1) is 0 Å². The van der Waals surface area contributed by atoms with Gasteiger partial charge in [0, 0.05) is 0 Å². The van der Waals surface area contributed by atoms with Crippen LogP contribution in [0.15, 0.2) is 12.8 Å². The van der Waals surface area contributed by atoms with Crippen LogP contribution in [-0.2, 0) is 4.74 Å². The van der Waals surface area contributed by atoms with Crippen molar-refractivity contribution >= 4 is 0 Å². The second-order valence-corrected chi connectivity index (χ2v) is 2.20. The highest BCUT2D eigenvalue weighted by Gasteiger charge is 2.14. The summed E-state index contributed by atoms with van der Waals surface area (Å²) in [6.07, 6.45) is 1.33. The average molecular weight is 116 g/mol. The van der Waals surface area contributed by atoms with Crippen LogP contribution in [0, 0.1) is 0 Å². The molecular formula is C6H12O2. The van der Waals surface area contributed by atoms with Crippen LogP contribution in [0.2, 0.25) is 0 Å². The van der Waals surface area contributed by atoms with Crippen LogP contribution in [0.4, 0.5) is 0 Å². The summed E-state index contributed by atoms with van der Waals surface area (Å²) in [4.78, 5) is 0. The molecule has 0 spiro atoms. The molecule has 1 N–H and O–H groups in total. The quantitative estimate of drug-likeness (QED) is 0.555. The molecule has 0 saturated heterocycles. The van der Waals surface area contributed by atoms with Crippen molar-refractivity contribution in [3.05, 3.63) is 12.8 Å². The van der Waals surface area contributed by atoms with Crippen molar-refractivity contribution in [1.29, 1.82) is 0 Å². The molecule has 0 saturated carbocycles. The number of aliphatic hydroxyl groups excluding tert-OH is 1. The molecule has 0 rings (SSSR count). The maximum absolute atomic E-state index is 8.55. The van der Waals surface area contributed by atoms with E-state index in [9.17, 15) is 0 Å². The molecule has 48 valence electrons. The molecule has 8 heavy (non-hydrogen) atoms. The summed E-state index contributed by atoms with van der Waals surface area (Å²) in [5.41, 5.74) is -0.470. The van der Waals surface area contributed by atoms with Crippen molar-refractivity contribution in [2.75, 3.05) is 6.61 Å². The second kappa shape index (κ2) is 2.72. The first kappa shape index (κ1) is 7.50. The molecule has 0 unspecified atom stereocenters. The maximum Gasteiger partial charge on any atom is 0.125 e. The van der Waals surface area contributed by atoms with E-state index in [2.05, 4.69) is 6.58 Å². The number of hydrogen-bond acceptors (Lipinski definition) is 2. The fraction of sp³-hybridized carbons (Fsp3) is 0.667. The zero-order chi connectivity index (χ0) is 6.62. The van der Waals surface area contributed by atoms with Crippen LogP contribution in [0.25, 0.3) is 0 Å². The highest BCUT2D eigenvalue weighted by molar-refractivity contribution is 4.69. The summed E-state index contributed by atoms with van der Waals surface area (Å²) >= 11 is 0. The molecule has 0 radical (unpaired) electrons. The predicted molar refractivity (Wildman–Crippen MR) is 32.4 cm³/mol. The fourth-order valence-electron chi connectivity index (χ4n) is 0.263. The average Bonchev–Trinajstić information content (AvgIpc) is 1.67. The molecule has 0 fully saturated rings. The van der Waals surface area contributed by atoms with Crippen molar-refractivity contribution in [2.24, 2.45) is 0 Å². The van der Waals surface area contributed by atoms with Crippen molar-refractivity contribution in [3.8, 4) is 0 Å². The lowest BCUT2D eigenvalue weighted by atomic mass is 10.2. The molecule has 0 aliphatic heterocycles.